The van der Waals surface area contributed by atoms with Crippen molar-refractivity contribution in [2.75, 3.05) is 5.73 Å². The summed E-state index contributed by atoms with van der Waals surface area (Å²) in [5, 5.41) is 3.61. The maximum absolute atomic E-state index is 12.2. The number of hydrogen-bond donors (Lipinski definition) is 3. The van der Waals surface area contributed by atoms with Crippen molar-refractivity contribution in [2.24, 2.45) is 0 Å². The second-order valence-corrected chi connectivity index (χ2v) is 6.43. The highest BCUT2D eigenvalue weighted by Crippen LogP contribution is 2.24. The van der Waals surface area contributed by atoms with E-state index in [4.69, 9.17) is 5.73 Å². The Hall–Kier alpha value is -1.69. The third-order valence-electron chi connectivity index (χ3n) is 3.47. The number of nitrogens with two attached hydrogens (primary N) is 1. The lowest BCUT2D eigenvalue weighted by Crippen LogP contribution is -2.38. The number of H-pyrrole nitrogens is 1. The van der Waals surface area contributed by atoms with Crippen LogP contribution in [0.4, 0.5) is 5.69 Å². The number of rotatable bonds is 6. The van der Waals surface area contributed by atoms with Gasteiger partial charge in [0.1, 0.15) is 0 Å². The topological polar surface area (TPSA) is 83.8 Å². The number of benzene rings is 1. The van der Waals surface area contributed by atoms with Crippen LogP contribution in [0.3, 0.4) is 0 Å². The van der Waals surface area contributed by atoms with Gasteiger partial charge in [-0.05, 0) is 38.0 Å². The standard InChI is InChI=1S/C15H22N4OS/c1-4-11(5-2)17-14(20)9(3)21-15-18-12-7-6-10(16)8-13(12)19-15/h6-9,11H,4-5,16H2,1-3H3,(H,17,20)(H,18,19). The molecular formula is C15H22N4OS. The van der Waals surface area contributed by atoms with Crippen molar-refractivity contribution in [2.45, 2.75) is 50.1 Å². The van der Waals surface area contributed by atoms with Crippen molar-refractivity contribution < 1.29 is 4.79 Å². The van der Waals surface area contributed by atoms with Gasteiger partial charge in [0, 0.05) is 11.7 Å². The average molecular weight is 306 g/mol. The molecule has 0 spiro atoms. The van der Waals surface area contributed by atoms with Crippen molar-refractivity contribution >= 4 is 34.4 Å². The fourth-order valence-electron chi connectivity index (χ4n) is 2.09. The molecule has 0 fully saturated rings. The molecule has 5 nitrogen and oxygen atoms in total. The van der Waals surface area contributed by atoms with Gasteiger partial charge < -0.3 is 16.0 Å². The molecule has 1 atom stereocenters. The summed E-state index contributed by atoms with van der Waals surface area (Å²) in [7, 11) is 0. The van der Waals surface area contributed by atoms with Crippen molar-refractivity contribution in [1.82, 2.24) is 15.3 Å². The summed E-state index contributed by atoms with van der Waals surface area (Å²) in [4.78, 5) is 19.8. The molecule has 0 aliphatic carbocycles. The van der Waals surface area contributed by atoms with Gasteiger partial charge in [0.25, 0.3) is 0 Å². The van der Waals surface area contributed by atoms with Crippen LogP contribution in [-0.2, 0) is 4.79 Å². The molecular weight excluding hydrogens is 284 g/mol. The number of imidazole rings is 1. The van der Waals surface area contributed by atoms with Crippen LogP contribution < -0.4 is 11.1 Å². The van der Waals surface area contributed by atoms with Gasteiger partial charge in [-0.1, -0.05) is 25.6 Å². The van der Waals surface area contributed by atoms with E-state index in [0.29, 0.717) is 5.69 Å². The molecule has 0 saturated heterocycles. The number of nitrogen functional groups attached to an aromatic ring is 1. The summed E-state index contributed by atoms with van der Waals surface area (Å²) in [6, 6.07) is 5.79. The van der Waals surface area contributed by atoms with E-state index in [2.05, 4.69) is 29.1 Å². The molecule has 0 radical (unpaired) electrons. The third kappa shape index (κ3) is 3.91. The van der Waals surface area contributed by atoms with Gasteiger partial charge >= 0.3 is 0 Å². The summed E-state index contributed by atoms with van der Waals surface area (Å²) in [6.07, 6.45) is 1.90. The second-order valence-electron chi connectivity index (χ2n) is 5.10. The number of nitrogens with one attached hydrogen (secondary N) is 2. The quantitative estimate of drug-likeness (QED) is 0.566. The highest BCUT2D eigenvalue weighted by Gasteiger charge is 2.18. The number of amides is 1. The van der Waals surface area contributed by atoms with E-state index in [9.17, 15) is 4.79 Å². The highest BCUT2D eigenvalue weighted by molar-refractivity contribution is 8.00. The van der Waals surface area contributed by atoms with Crippen molar-refractivity contribution in [3.8, 4) is 0 Å². The van der Waals surface area contributed by atoms with E-state index in [0.717, 1.165) is 29.0 Å². The molecule has 2 aromatic rings. The minimum Gasteiger partial charge on any atom is -0.399 e. The molecule has 0 saturated carbocycles. The predicted molar refractivity (Wildman–Crippen MR) is 88.3 cm³/mol. The van der Waals surface area contributed by atoms with Crippen LogP contribution in [-0.4, -0.2) is 27.2 Å². The fourth-order valence-corrected chi connectivity index (χ4v) is 2.92. The van der Waals surface area contributed by atoms with Crippen LogP contribution in [0, 0.1) is 0 Å². The first-order chi connectivity index (χ1) is 10.0. The minimum atomic E-state index is -0.191. The smallest absolute Gasteiger partial charge is 0.233 e. The molecule has 6 heteroatoms. The molecule has 1 aromatic carbocycles. The first-order valence-corrected chi connectivity index (χ1v) is 8.13. The first kappa shape index (κ1) is 15.7. The Morgan fingerprint density at radius 3 is 2.81 bits per heavy atom. The van der Waals surface area contributed by atoms with Gasteiger partial charge in [-0.25, -0.2) is 4.98 Å². The Labute approximate surface area is 129 Å². The Bertz CT molecular complexity index is 621. The Kier molecular flexibility index (Phi) is 5.12. The van der Waals surface area contributed by atoms with E-state index in [1.54, 1.807) is 0 Å². The SMILES string of the molecule is CCC(CC)NC(=O)C(C)Sc1nc2ccc(N)cc2[nH]1. The summed E-state index contributed by atoms with van der Waals surface area (Å²) in [5.41, 5.74) is 8.20. The fraction of sp³-hybridized carbons (Fsp3) is 0.467. The molecule has 4 N–H and O–H groups in total. The van der Waals surface area contributed by atoms with E-state index in [-0.39, 0.29) is 17.2 Å². The Morgan fingerprint density at radius 2 is 2.14 bits per heavy atom. The molecule has 114 valence electrons. The molecule has 0 aliphatic heterocycles. The summed E-state index contributed by atoms with van der Waals surface area (Å²) in [5.74, 6) is 0.0497. The van der Waals surface area contributed by atoms with E-state index in [1.165, 1.54) is 11.8 Å². The molecule has 0 aliphatic rings. The van der Waals surface area contributed by atoms with E-state index >= 15 is 0 Å². The average Bonchev–Trinajstić information content (AvgIpc) is 2.85. The van der Waals surface area contributed by atoms with Gasteiger partial charge in [-0.3, -0.25) is 4.79 Å². The number of carbonyl (C=O) groups excluding carboxylic acids is 1. The number of nitrogens with zero attached hydrogens (tertiary/aromatic N) is 1. The Morgan fingerprint density at radius 1 is 1.43 bits per heavy atom. The van der Waals surface area contributed by atoms with Crippen LogP contribution in [0.25, 0.3) is 11.0 Å². The lowest BCUT2D eigenvalue weighted by molar-refractivity contribution is -0.121. The number of aromatic nitrogens is 2. The minimum absolute atomic E-state index is 0.0497. The van der Waals surface area contributed by atoms with Gasteiger partial charge in [0.05, 0.1) is 16.3 Å². The number of fused-ring (bicyclic) bond motifs is 1. The van der Waals surface area contributed by atoms with Gasteiger partial charge in [-0.2, -0.15) is 0 Å². The van der Waals surface area contributed by atoms with Crippen LogP contribution in [0.2, 0.25) is 0 Å². The molecule has 21 heavy (non-hydrogen) atoms. The van der Waals surface area contributed by atoms with E-state index < -0.39 is 0 Å². The molecule has 1 heterocycles. The van der Waals surface area contributed by atoms with Crippen LogP contribution in [0.5, 0.6) is 0 Å². The lowest BCUT2D eigenvalue weighted by Gasteiger charge is -2.17. The summed E-state index contributed by atoms with van der Waals surface area (Å²) >= 11 is 1.43. The normalized spacial score (nSPS) is 12.8. The number of anilines is 1. The molecule has 1 aromatic heterocycles. The summed E-state index contributed by atoms with van der Waals surface area (Å²) in [6.45, 7) is 6.05. The summed E-state index contributed by atoms with van der Waals surface area (Å²) < 4.78 is 0. The molecule has 1 unspecified atom stereocenters. The van der Waals surface area contributed by atoms with Crippen molar-refractivity contribution in [1.29, 1.82) is 0 Å². The largest absolute Gasteiger partial charge is 0.399 e. The first-order valence-electron chi connectivity index (χ1n) is 7.25. The Balaban J connectivity index is 2.03. The maximum atomic E-state index is 12.2. The molecule has 2 rings (SSSR count). The zero-order valence-corrected chi connectivity index (χ0v) is 13.5. The third-order valence-corrected chi connectivity index (χ3v) is 4.46. The number of carbonyl (C=O) groups is 1. The van der Waals surface area contributed by atoms with Crippen molar-refractivity contribution in [3.05, 3.63) is 18.2 Å². The van der Waals surface area contributed by atoms with Crippen LogP contribution in [0.15, 0.2) is 23.4 Å². The van der Waals surface area contributed by atoms with Crippen LogP contribution in [0.1, 0.15) is 33.6 Å². The van der Waals surface area contributed by atoms with Crippen LogP contribution >= 0.6 is 11.8 Å². The zero-order valence-electron chi connectivity index (χ0n) is 12.6. The highest BCUT2D eigenvalue weighted by atomic mass is 32.2. The predicted octanol–water partition coefficient (Wildman–Crippen LogP) is 2.93. The molecule has 0 bridgehead atoms. The zero-order chi connectivity index (χ0) is 15.4. The van der Waals surface area contributed by atoms with Gasteiger partial charge in [-0.15, -0.1) is 0 Å². The monoisotopic (exact) mass is 306 g/mol. The van der Waals surface area contributed by atoms with E-state index in [1.807, 2.05) is 25.1 Å². The number of thioether (sulfide) groups is 1. The number of hydrogen-bond acceptors (Lipinski definition) is 4. The maximum Gasteiger partial charge on any atom is 0.233 e. The lowest BCUT2D eigenvalue weighted by atomic mass is 10.2. The van der Waals surface area contributed by atoms with Gasteiger partial charge in [0.2, 0.25) is 5.91 Å². The van der Waals surface area contributed by atoms with Crippen molar-refractivity contribution in [3.63, 3.8) is 0 Å². The second kappa shape index (κ2) is 6.85. The molecule has 1 amide bonds. The van der Waals surface area contributed by atoms with Gasteiger partial charge in [0.15, 0.2) is 5.16 Å². The number of aromatic amines is 1.